The fraction of sp³-hybridized carbons (Fsp3) is 0.400. The number of rotatable bonds is 6. The van der Waals surface area contributed by atoms with E-state index < -0.39 is 34.5 Å². The van der Waals surface area contributed by atoms with Gasteiger partial charge in [0.15, 0.2) is 6.23 Å². The highest BCUT2D eigenvalue weighted by Gasteiger charge is 2.37. The van der Waals surface area contributed by atoms with E-state index in [0.29, 0.717) is 0 Å². The molecule has 1 aromatic carbocycles. The van der Waals surface area contributed by atoms with E-state index in [1.54, 1.807) is 12.1 Å². The fourth-order valence-corrected chi connectivity index (χ4v) is 3.40. The van der Waals surface area contributed by atoms with E-state index in [1.807, 2.05) is 6.92 Å². The summed E-state index contributed by atoms with van der Waals surface area (Å²) >= 11 is 0. The molecular weight excluding hydrogens is 364 g/mol. The van der Waals surface area contributed by atoms with Crippen LogP contribution in [0.2, 0.25) is 0 Å². The molecule has 10 nitrogen and oxygen atoms in total. The third kappa shape index (κ3) is 3.90. The van der Waals surface area contributed by atoms with Gasteiger partial charge in [-0.1, -0.05) is 17.7 Å². The Bertz CT molecular complexity index is 895. The van der Waals surface area contributed by atoms with Crippen LogP contribution in [0, 0.1) is 6.92 Å². The Morgan fingerprint density at radius 3 is 2.73 bits per heavy atom. The molecule has 140 valence electrons. The van der Waals surface area contributed by atoms with Crippen LogP contribution in [0.5, 0.6) is 0 Å². The number of aliphatic hydroxyl groups is 1. The van der Waals surface area contributed by atoms with Gasteiger partial charge < -0.3 is 15.6 Å². The number of primary amides is 1. The number of nitrogens with zero attached hydrogens (tertiary/aromatic N) is 3. The van der Waals surface area contributed by atoms with E-state index in [1.165, 1.54) is 23.1 Å². The largest absolute Gasteiger partial charge is 0.390 e. The molecule has 1 fully saturated rings. The summed E-state index contributed by atoms with van der Waals surface area (Å²) in [5.74, 6) is -0.962. The van der Waals surface area contributed by atoms with Crippen molar-refractivity contribution in [1.29, 1.82) is 0 Å². The van der Waals surface area contributed by atoms with Crippen LogP contribution < -0.4 is 5.73 Å². The van der Waals surface area contributed by atoms with Crippen LogP contribution in [0.15, 0.2) is 35.5 Å². The summed E-state index contributed by atoms with van der Waals surface area (Å²) in [5.41, 5.74) is 6.01. The van der Waals surface area contributed by atoms with Gasteiger partial charge in [0, 0.05) is 6.42 Å². The van der Waals surface area contributed by atoms with Crippen molar-refractivity contribution in [2.75, 3.05) is 6.61 Å². The van der Waals surface area contributed by atoms with Gasteiger partial charge in [-0.05, 0) is 19.1 Å². The number of carbonyl (C=O) groups is 1. The van der Waals surface area contributed by atoms with Gasteiger partial charge >= 0.3 is 0 Å². The molecule has 0 spiro atoms. The van der Waals surface area contributed by atoms with Gasteiger partial charge in [0.05, 0.1) is 17.6 Å². The Morgan fingerprint density at radius 1 is 1.42 bits per heavy atom. The molecule has 3 rings (SSSR count). The Morgan fingerprint density at radius 2 is 2.12 bits per heavy atom. The highest BCUT2D eigenvalue weighted by molar-refractivity contribution is 7.86. The minimum atomic E-state index is -3.96. The summed E-state index contributed by atoms with van der Waals surface area (Å²) in [5, 5.41) is 13.9. The van der Waals surface area contributed by atoms with Gasteiger partial charge in [0.1, 0.15) is 12.4 Å². The number of ether oxygens (including phenoxy) is 1. The predicted octanol–water partition coefficient (Wildman–Crippen LogP) is -0.261. The summed E-state index contributed by atoms with van der Waals surface area (Å²) in [7, 11) is -3.96. The second-order valence-electron chi connectivity index (χ2n) is 5.90. The number of aromatic nitrogens is 3. The van der Waals surface area contributed by atoms with Crippen molar-refractivity contribution in [3.8, 4) is 0 Å². The van der Waals surface area contributed by atoms with Crippen LogP contribution in [0.3, 0.4) is 0 Å². The first-order chi connectivity index (χ1) is 12.3. The lowest BCUT2D eigenvalue weighted by molar-refractivity contribution is -0.0427. The zero-order chi connectivity index (χ0) is 18.9. The second-order valence-corrected chi connectivity index (χ2v) is 7.51. The van der Waals surface area contributed by atoms with Crippen LogP contribution in [0.4, 0.5) is 0 Å². The molecule has 2 heterocycles. The van der Waals surface area contributed by atoms with Crippen molar-refractivity contribution in [2.24, 2.45) is 5.73 Å². The molecule has 1 aliphatic heterocycles. The molecule has 0 bridgehead atoms. The number of nitrogens with two attached hydrogens (primary N) is 1. The smallest absolute Gasteiger partial charge is 0.297 e. The molecule has 3 atom stereocenters. The Hall–Kier alpha value is -2.34. The topological polar surface area (TPSA) is 147 Å². The van der Waals surface area contributed by atoms with Crippen LogP contribution >= 0.6 is 0 Å². The molecule has 1 aliphatic rings. The molecule has 0 saturated carbocycles. The molecule has 0 aliphatic carbocycles. The third-order valence-electron chi connectivity index (χ3n) is 3.93. The van der Waals surface area contributed by atoms with Crippen molar-refractivity contribution in [3.05, 3.63) is 42.0 Å². The van der Waals surface area contributed by atoms with Crippen molar-refractivity contribution in [1.82, 2.24) is 14.8 Å². The average molecular weight is 382 g/mol. The lowest BCUT2D eigenvalue weighted by Crippen LogP contribution is -2.28. The standard InChI is InChI=1S/C15H18N4O6S/c1-9-2-4-10(5-3-9)26(22,23)24-7-12-11(20)6-13(25-12)19-8-17-15(18-19)14(16)21/h2-5,8,11-13,20H,6-7H2,1H3,(H2,16,21)/t11-,12+,13+/m0/s1. The molecule has 1 aromatic heterocycles. The minimum Gasteiger partial charge on any atom is -0.390 e. The van der Waals surface area contributed by atoms with Crippen LogP contribution in [0.25, 0.3) is 0 Å². The summed E-state index contributed by atoms with van der Waals surface area (Å²) in [6.45, 7) is 1.49. The highest BCUT2D eigenvalue weighted by Crippen LogP contribution is 2.29. The van der Waals surface area contributed by atoms with E-state index in [4.69, 9.17) is 14.7 Å². The van der Waals surface area contributed by atoms with E-state index in [-0.39, 0.29) is 23.7 Å². The third-order valence-corrected chi connectivity index (χ3v) is 5.22. The number of benzene rings is 1. The second kappa shape index (κ2) is 7.11. The molecule has 0 unspecified atom stereocenters. The Kier molecular flexibility index (Phi) is 5.05. The van der Waals surface area contributed by atoms with Gasteiger partial charge in [-0.25, -0.2) is 9.67 Å². The first-order valence-electron chi connectivity index (χ1n) is 7.77. The first kappa shape index (κ1) is 18.5. The predicted molar refractivity (Wildman–Crippen MR) is 87.4 cm³/mol. The minimum absolute atomic E-state index is 0.0227. The lowest BCUT2D eigenvalue weighted by Gasteiger charge is -2.15. The van der Waals surface area contributed by atoms with Crippen LogP contribution in [0.1, 0.15) is 28.8 Å². The number of hydrogen-bond donors (Lipinski definition) is 2. The van der Waals surface area contributed by atoms with Gasteiger partial charge in [0.2, 0.25) is 5.82 Å². The van der Waals surface area contributed by atoms with Gasteiger partial charge in [0.25, 0.3) is 16.0 Å². The molecule has 26 heavy (non-hydrogen) atoms. The number of aryl methyl sites for hydroxylation is 1. The Balaban J connectivity index is 1.63. The number of hydrogen-bond acceptors (Lipinski definition) is 8. The molecule has 11 heteroatoms. The van der Waals surface area contributed by atoms with E-state index in [9.17, 15) is 18.3 Å². The zero-order valence-electron chi connectivity index (χ0n) is 13.8. The average Bonchev–Trinajstić information content (AvgIpc) is 3.20. The van der Waals surface area contributed by atoms with E-state index in [0.717, 1.165) is 5.56 Å². The monoisotopic (exact) mass is 382 g/mol. The molecule has 3 N–H and O–H groups in total. The summed E-state index contributed by atoms with van der Waals surface area (Å²) in [6.07, 6.45) is -1.15. The maximum absolute atomic E-state index is 12.2. The van der Waals surface area contributed by atoms with Crippen LogP contribution in [-0.4, -0.2) is 53.0 Å². The van der Waals surface area contributed by atoms with Crippen molar-refractivity contribution < 1.29 is 27.2 Å². The summed E-state index contributed by atoms with van der Waals surface area (Å²) in [6, 6.07) is 6.21. The van der Waals surface area contributed by atoms with Crippen LogP contribution in [-0.2, 0) is 19.0 Å². The fourth-order valence-electron chi connectivity index (χ4n) is 2.48. The number of amides is 1. The van der Waals surface area contributed by atoms with Gasteiger partial charge in [-0.2, -0.15) is 8.42 Å². The molecule has 0 radical (unpaired) electrons. The van der Waals surface area contributed by atoms with Crippen molar-refractivity contribution in [2.45, 2.75) is 36.7 Å². The quantitative estimate of drug-likeness (QED) is 0.650. The number of aliphatic hydroxyl groups excluding tert-OH is 1. The van der Waals surface area contributed by atoms with Crippen molar-refractivity contribution >= 4 is 16.0 Å². The van der Waals surface area contributed by atoms with E-state index >= 15 is 0 Å². The molecule has 1 saturated heterocycles. The number of carbonyl (C=O) groups excluding carboxylic acids is 1. The maximum Gasteiger partial charge on any atom is 0.297 e. The lowest BCUT2D eigenvalue weighted by atomic mass is 10.2. The summed E-state index contributed by atoms with van der Waals surface area (Å²) in [4.78, 5) is 14.8. The highest BCUT2D eigenvalue weighted by atomic mass is 32.2. The first-order valence-corrected chi connectivity index (χ1v) is 9.17. The summed E-state index contributed by atoms with van der Waals surface area (Å²) < 4.78 is 36.2. The van der Waals surface area contributed by atoms with Crippen molar-refractivity contribution in [3.63, 3.8) is 0 Å². The SMILES string of the molecule is Cc1ccc(S(=O)(=O)OC[C@H]2O[C@@H](n3cnc(C(N)=O)n3)C[C@@H]2O)cc1. The maximum atomic E-state index is 12.2. The Labute approximate surface area is 149 Å². The van der Waals surface area contributed by atoms with Gasteiger partial charge in [-0.15, -0.1) is 5.10 Å². The van der Waals surface area contributed by atoms with Gasteiger partial charge in [-0.3, -0.25) is 8.98 Å². The molecule has 2 aromatic rings. The normalized spacial score (nSPS) is 23.2. The van der Waals surface area contributed by atoms with E-state index in [2.05, 4.69) is 10.1 Å². The molecule has 1 amide bonds. The molecular formula is C15H18N4O6S. The zero-order valence-corrected chi connectivity index (χ0v) is 14.7.